The average Bonchev–Trinajstić information content (AvgIpc) is 2.83. The Bertz CT molecular complexity index is 588. The van der Waals surface area contributed by atoms with Crippen molar-refractivity contribution in [1.82, 2.24) is 14.5 Å². The zero-order valence-electron chi connectivity index (χ0n) is 10.3. The van der Waals surface area contributed by atoms with Gasteiger partial charge >= 0.3 is 0 Å². The number of hydrogen-bond donors (Lipinski definition) is 0. The van der Waals surface area contributed by atoms with E-state index < -0.39 is 0 Å². The highest BCUT2D eigenvalue weighted by molar-refractivity contribution is 5.91. The normalized spacial score (nSPS) is 14.4. The van der Waals surface area contributed by atoms with Gasteiger partial charge in [0.25, 0.3) is 5.91 Å². The Morgan fingerprint density at radius 2 is 2.06 bits per heavy atom. The molecule has 4 nitrogen and oxygen atoms in total. The summed E-state index contributed by atoms with van der Waals surface area (Å²) in [4.78, 5) is 18.3. The van der Waals surface area contributed by atoms with Gasteiger partial charge in [0.2, 0.25) is 0 Å². The van der Waals surface area contributed by atoms with Crippen molar-refractivity contribution in [1.29, 1.82) is 0 Å². The van der Waals surface area contributed by atoms with Gasteiger partial charge in [-0.2, -0.15) is 0 Å². The van der Waals surface area contributed by atoms with Gasteiger partial charge in [0.15, 0.2) is 5.82 Å². The van der Waals surface area contributed by atoms with Crippen molar-refractivity contribution in [3.05, 3.63) is 53.6 Å². The molecule has 0 saturated heterocycles. The summed E-state index contributed by atoms with van der Waals surface area (Å²) < 4.78 is 1.77. The molecule has 0 fully saturated rings. The summed E-state index contributed by atoms with van der Waals surface area (Å²) in [6, 6.07) is 8.30. The number of aromatic nitrogens is 2. The summed E-state index contributed by atoms with van der Waals surface area (Å²) in [7, 11) is 1.85. The first-order chi connectivity index (χ1) is 8.75. The van der Waals surface area contributed by atoms with E-state index >= 15 is 0 Å². The largest absolute Gasteiger partial charge is 0.331 e. The Labute approximate surface area is 106 Å². The number of nitrogens with zero attached hydrogens (tertiary/aromatic N) is 3. The van der Waals surface area contributed by atoms with Crippen LogP contribution >= 0.6 is 0 Å². The summed E-state index contributed by atoms with van der Waals surface area (Å²) in [6.07, 6.45) is 4.38. The van der Waals surface area contributed by atoms with E-state index in [4.69, 9.17) is 0 Å². The van der Waals surface area contributed by atoms with Crippen molar-refractivity contribution in [2.45, 2.75) is 13.0 Å². The van der Waals surface area contributed by atoms with E-state index in [-0.39, 0.29) is 5.91 Å². The molecule has 92 valence electrons. The standard InChI is InChI=1S/C14H15N3O/c1-16-9-7-15-13(16)14(18)17-8-6-11-4-2-3-5-12(11)10-17/h2-5,7,9H,6,8,10H2,1H3. The van der Waals surface area contributed by atoms with Crippen molar-refractivity contribution in [3.63, 3.8) is 0 Å². The van der Waals surface area contributed by atoms with E-state index in [1.807, 2.05) is 18.0 Å². The van der Waals surface area contributed by atoms with Crippen molar-refractivity contribution in [2.75, 3.05) is 6.54 Å². The molecule has 0 unspecified atom stereocenters. The molecule has 0 atom stereocenters. The third-order valence-corrected chi connectivity index (χ3v) is 3.43. The Balaban J connectivity index is 1.84. The third kappa shape index (κ3) is 1.79. The van der Waals surface area contributed by atoms with E-state index in [2.05, 4.69) is 23.2 Å². The molecular weight excluding hydrogens is 226 g/mol. The lowest BCUT2D eigenvalue weighted by Gasteiger charge is -2.28. The third-order valence-electron chi connectivity index (χ3n) is 3.43. The fraction of sp³-hybridized carbons (Fsp3) is 0.286. The van der Waals surface area contributed by atoms with E-state index in [0.717, 1.165) is 13.0 Å². The first-order valence-electron chi connectivity index (χ1n) is 6.09. The molecule has 2 heterocycles. The lowest BCUT2D eigenvalue weighted by atomic mass is 10.00. The summed E-state index contributed by atoms with van der Waals surface area (Å²) in [6.45, 7) is 1.45. The van der Waals surface area contributed by atoms with Crippen LogP contribution in [0.3, 0.4) is 0 Å². The highest BCUT2D eigenvalue weighted by Gasteiger charge is 2.23. The highest BCUT2D eigenvalue weighted by Crippen LogP contribution is 2.19. The molecule has 1 aromatic heterocycles. The average molecular weight is 241 g/mol. The second-order valence-electron chi connectivity index (χ2n) is 4.61. The Hall–Kier alpha value is -2.10. The molecule has 1 aliphatic heterocycles. The zero-order valence-corrected chi connectivity index (χ0v) is 10.3. The van der Waals surface area contributed by atoms with Crippen LogP contribution in [0, 0.1) is 0 Å². The predicted octanol–water partition coefficient (Wildman–Crippen LogP) is 1.62. The van der Waals surface area contributed by atoms with Crippen molar-refractivity contribution < 1.29 is 4.79 Å². The maximum Gasteiger partial charge on any atom is 0.290 e. The number of carbonyl (C=O) groups is 1. The van der Waals surface area contributed by atoms with Gasteiger partial charge in [-0.05, 0) is 17.5 Å². The van der Waals surface area contributed by atoms with Gasteiger partial charge in [-0.25, -0.2) is 4.98 Å². The Morgan fingerprint density at radius 1 is 1.28 bits per heavy atom. The monoisotopic (exact) mass is 241 g/mol. The van der Waals surface area contributed by atoms with E-state index in [1.54, 1.807) is 17.0 Å². The van der Waals surface area contributed by atoms with Crippen molar-refractivity contribution in [2.24, 2.45) is 7.05 Å². The molecule has 1 amide bonds. The van der Waals surface area contributed by atoms with Crippen molar-refractivity contribution >= 4 is 5.91 Å². The fourth-order valence-corrected chi connectivity index (χ4v) is 2.38. The van der Waals surface area contributed by atoms with Crippen LogP contribution in [0.2, 0.25) is 0 Å². The van der Waals surface area contributed by atoms with Crippen LogP contribution in [0.15, 0.2) is 36.7 Å². The van der Waals surface area contributed by atoms with Gasteiger partial charge in [-0.15, -0.1) is 0 Å². The summed E-state index contributed by atoms with van der Waals surface area (Å²) in [5, 5.41) is 0. The van der Waals surface area contributed by atoms with Gasteiger partial charge in [-0.1, -0.05) is 24.3 Å². The second kappa shape index (κ2) is 4.29. The quantitative estimate of drug-likeness (QED) is 0.761. The van der Waals surface area contributed by atoms with Gasteiger partial charge < -0.3 is 9.47 Å². The topological polar surface area (TPSA) is 38.1 Å². The minimum Gasteiger partial charge on any atom is -0.331 e. The van der Waals surface area contributed by atoms with Gasteiger partial charge in [0.05, 0.1) is 0 Å². The van der Waals surface area contributed by atoms with E-state index in [9.17, 15) is 4.79 Å². The van der Waals surface area contributed by atoms with Crippen LogP contribution < -0.4 is 0 Å². The number of imidazole rings is 1. The van der Waals surface area contributed by atoms with Crippen LogP contribution in [0.5, 0.6) is 0 Å². The van der Waals surface area contributed by atoms with Crippen LogP contribution in [0.4, 0.5) is 0 Å². The van der Waals surface area contributed by atoms with Crippen LogP contribution in [0.25, 0.3) is 0 Å². The molecule has 0 radical (unpaired) electrons. The van der Waals surface area contributed by atoms with E-state index in [1.165, 1.54) is 11.1 Å². The van der Waals surface area contributed by atoms with Crippen molar-refractivity contribution in [3.8, 4) is 0 Å². The summed E-state index contributed by atoms with van der Waals surface area (Å²) >= 11 is 0. The first-order valence-corrected chi connectivity index (χ1v) is 6.09. The zero-order chi connectivity index (χ0) is 12.5. The molecule has 0 saturated carbocycles. The molecule has 0 bridgehead atoms. The van der Waals surface area contributed by atoms with Gasteiger partial charge in [0, 0.05) is 32.5 Å². The molecule has 2 aromatic rings. The Morgan fingerprint density at radius 3 is 2.78 bits per heavy atom. The number of aryl methyl sites for hydroxylation is 1. The molecule has 0 N–H and O–H groups in total. The van der Waals surface area contributed by atoms with Crippen LogP contribution in [-0.2, 0) is 20.0 Å². The molecule has 4 heteroatoms. The lowest BCUT2D eigenvalue weighted by molar-refractivity contribution is 0.0718. The summed E-state index contributed by atoms with van der Waals surface area (Å²) in [5.41, 5.74) is 2.59. The number of hydrogen-bond acceptors (Lipinski definition) is 2. The van der Waals surface area contributed by atoms with Gasteiger partial charge in [0.1, 0.15) is 0 Å². The molecule has 18 heavy (non-hydrogen) atoms. The molecule has 1 aromatic carbocycles. The fourth-order valence-electron chi connectivity index (χ4n) is 2.38. The maximum atomic E-state index is 12.3. The van der Waals surface area contributed by atoms with Crippen LogP contribution in [-0.4, -0.2) is 26.9 Å². The molecular formula is C14H15N3O. The summed E-state index contributed by atoms with van der Waals surface area (Å²) in [5.74, 6) is 0.520. The second-order valence-corrected chi connectivity index (χ2v) is 4.61. The Kier molecular flexibility index (Phi) is 2.63. The lowest BCUT2D eigenvalue weighted by Crippen LogP contribution is -2.37. The minimum absolute atomic E-state index is 0.0111. The van der Waals surface area contributed by atoms with Gasteiger partial charge in [-0.3, -0.25) is 4.79 Å². The number of amides is 1. The van der Waals surface area contributed by atoms with E-state index in [0.29, 0.717) is 12.4 Å². The SMILES string of the molecule is Cn1ccnc1C(=O)N1CCc2ccccc2C1. The smallest absolute Gasteiger partial charge is 0.290 e. The van der Waals surface area contributed by atoms with Crippen LogP contribution in [0.1, 0.15) is 21.7 Å². The number of benzene rings is 1. The first kappa shape index (κ1) is 11.0. The molecule has 1 aliphatic rings. The molecule has 3 rings (SSSR count). The molecule has 0 spiro atoms. The predicted molar refractivity (Wildman–Crippen MR) is 68.1 cm³/mol. The highest BCUT2D eigenvalue weighted by atomic mass is 16.2. The number of fused-ring (bicyclic) bond motifs is 1. The molecule has 0 aliphatic carbocycles. The maximum absolute atomic E-state index is 12.3. The minimum atomic E-state index is 0.0111. The number of carbonyl (C=O) groups excluding carboxylic acids is 1. The number of rotatable bonds is 1.